The van der Waals surface area contributed by atoms with Gasteiger partial charge in [0.15, 0.2) is 11.0 Å². The van der Waals surface area contributed by atoms with E-state index in [0.717, 1.165) is 61.8 Å². The molecule has 3 heterocycles. The zero-order chi connectivity index (χ0) is 28.1. The molecule has 0 radical (unpaired) electrons. The monoisotopic (exact) mass is 601 g/mol. The van der Waals surface area contributed by atoms with E-state index in [1.165, 1.54) is 40.9 Å². The number of nitrogens with one attached hydrogen (secondary N) is 2. The van der Waals surface area contributed by atoms with E-state index in [9.17, 15) is 14.4 Å². The molecule has 3 aromatic rings. The number of ether oxygens (including phenoxy) is 1. The first-order valence-corrected chi connectivity index (χ1v) is 16.6. The summed E-state index contributed by atoms with van der Waals surface area (Å²) >= 11 is 4.25. The van der Waals surface area contributed by atoms with Crippen molar-refractivity contribution >= 4 is 57.2 Å². The highest BCUT2D eigenvalue weighted by atomic mass is 32.2. The molecular weight excluding hydrogens is 567 g/mol. The summed E-state index contributed by atoms with van der Waals surface area (Å²) in [4.78, 5) is 40.6. The molecule has 2 amide bonds. The highest BCUT2D eigenvalue weighted by Gasteiger charge is 2.30. The minimum absolute atomic E-state index is 0.133. The van der Waals surface area contributed by atoms with Crippen LogP contribution in [-0.2, 0) is 28.9 Å². The summed E-state index contributed by atoms with van der Waals surface area (Å²) in [7, 11) is 0. The number of anilines is 1. The first-order valence-electron chi connectivity index (χ1n) is 14.0. The summed E-state index contributed by atoms with van der Waals surface area (Å²) in [5.41, 5.74) is 1.54. The summed E-state index contributed by atoms with van der Waals surface area (Å²) < 4.78 is 7.46. The van der Waals surface area contributed by atoms with E-state index in [0.29, 0.717) is 26.4 Å². The summed E-state index contributed by atoms with van der Waals surface area (Å²) in [6, 6.07) is 3.88. The van der Waals surface area contributed by atoms with Crippen molar-refractivity contribution in [1.29, 1.82) is 0 Å². The number of thioether (sulfide) groups is 1. The topological polar surface area (TPSA) is 115 Å². The van der Waals surface area contributed by atoms with Crippen LogP contribution in [0.15, 0.2) is 22.7 Å². The van der Waals surface area contributed by atoms with Crippen LogP contribution >= 0.6 is 34.4 Å². The lowest BCUT2D eigenvalue weighted by Crippen LogP contribution is -2.26. The zero-order valence-corrected chi connectivity index (χ0v) is 25.3. The largest absolute Gasteiger partial charge is 0.462 e. The number of carbonyl (C=O) groups excluding carboxylic acids is 3. The number of fused-ring (bicyclic) bond motifs is 1. The molecule has 0 saturated heterocycles. The minimum atomic E-state index is -0.478. The number of nitrogens with zero attached hydrogens (tertiary/aromatic N) is 3. The lowest BCUT2D eigenvalue weighted by Gasteiger charge is -2.26. The zero-order valence-electron chi connectivity index (χ0n) is 22.9. The molecule has 1 fully saturated rings. The molecule has 0 aromatic carbocycles. The minimum Gasteiger partial charge on any atom is -0.462 e. The van der Waals surface area contributed by atoms with Gasteiger partial charge in [-0.3, -0.25) is 9.59 Å². The van der Waals surface area contributed by atoms with Crippen LogP contribution in [0.2, 0.25) is 0 Å². The lowest BCUT2D eigenvalue weighted by atomic mass is 9.95. The Morgan fingerprint density at radius 3 is 2.70 bits per heavy atom. The van der Waals surface area contributed by atoms with E-state index in [1.807, 2.05) is 18.4 Å². The van der Waals surface area contributed by atoms with Gasteiger partial charge in [0.1, 0.15) is 5.00 Å². The van der Waals surface area contributed by atoms with Gasteiger partial charge in [0.05, 0.1) is 28.8 Å². The molecule has 40 heavy (non-hydrogen) atoms. The Labute approximate surface area is 246 Å². The van der Waals surface area contributed by atoms with Crippen LogP contribution in [0.1, 0.15) is 101 Å². The predicted octanol–water partition coefficient (Wildman–Crippen LogP) is 6.01. The number of aromatic nitrogens is 3. The second-order valence-electron chi connectivity index (χ2n) is 10.1. The summed E-state index contributed by atoms with van der Waals surface area (Å²) in [6.45, 7) is 4.19. The van der Waals surface area contributed by atoms with Crippen LogP contribution in [0.3, 0.4) is 0 Å². The number of carbonyl (C=O) groups is 3. The number of hydrogen-bond donors (Lipinski definition) is 2. The summed E-state index contributed by atoms with van der Waals surface area (Å²) in [5, 5.41) is 17.5. The van der Waals surface area contributed by atoms with Crippen LogP contribution in [0.4, 0.5) is 5.00 Å². The van der Waals surface area contributed by atoms with Crippen LogP contribution in [0.5, 0.6) is 0 Å². The predicted molar refractivity (Wildman–Crippen MR) is 158 cm³/mol. The van der Waals surface area contributed by atoms with Crippen molar-refractivity contribution in [1.82, 2.24) is 20.1 Å². The van der Waals surface area contributed by atoms with E-state index >= 15 is 0 Å². The maximum Gasteiger partial charge on any atom is 0.341 e. The van der Waals surface area contributed by atoms with Gasteiger partial charge in [-0.2, -0.15) is 0 Å². The van der Waals surface area contributed by atoms with Gasteiger partial charge in [-0.25, -0.2) is 4.79 Å². The van der Waals surface area contributed by atoms with Crippen molar-refractivity contribution in [3.8, 4) is 0 Å². The molecule has 214 valence electrons. The molecule has 0 spiro atoms. The highest BCUT2D eigenvalue weighted by molar-refractivity contribution is 8.00. The second kappa shape index (κ2) is 13.3. The van der Waals surface area contributed by atoms with Crippen molar-refractivity contribution in [2.45, 2.75) is 94.6 Å². The smallest absolute Gasteiger partial charge is 0.341 e. The first-order chi connectivity index (χ1) is 19.5. The summed E-state index contributed by atoms with van der Waals surface area (Å²) in [6.07, 6.45) is 9.36. The van der Waals surface area contributed by atoms with Gasteiger partial charge in [-0.1, -0.05) is 37.1 Å². The van der Waals surface area contributed by atoms with Crippen molar-refractivity contribution in [2.75, 3.05) is 11.9 Å². The Hall–Kier alpha value is -2.70. The number of amides is 2. The molecule has 2 N–H and O–H groups in total. The quantitative estimate of drug-likeness (QED) is 0.216. The normalized spacial score (nSPS) is 16.2. The van der Waals surface area contributed by atoms with Crippen LogP contribution in [0.25, 0.3) is 0 Å². The standard InChI is InChI=1S/C28H35N5O4S3/c1-3-37-27(36)23-19-12-7-8-13-20(19)40-26(23)30-24(34)17(2)39-28-32-31-22(33(28)18-10-5-4-6-11-18)16-29-25(35)21-14-9-15-38-21/h9,14-15,17-18H,3-8,10-13,16H2,1-2H3,(H,29,35)(H,30,34)/t17-/m0/s1. The molecule has 0 unspecified atom stereocenters. The average molecular weight is 602 g/mol. The van der Waals surface area contributed by atoms with E-state index in [4.69, 9.17) is 4.74 Å². The van der Waals surface area contributed by atoms with Crippen LogP contribution < -0.4 is 10.6 Å². The van der Waals surface area contributed by atoms with E-state index in [-0.39, 0.29) is 37.0 Å². The number of esters is 1. The molecule has 9 nitrogen and oxygen atoms in total. The van der Waals surface area contributed by atoms with E-state index in [1.54, 1.807) is 13.0 Å². The maximum absolute atomic E-state index is 13.4. The van der Waals surface area contributed by atoms with Crippen LogP contribution in [-0.4, -0.2) is 44.4 Å². The van der Waals surface area contributed by atoms with Gasteiger partial charge in [-0.15, -0.1) is 32.9 Å². The van der Waals surface area contributed by atoms with Crippen molar-refractivity contribution in [3.05, 3.63) is 44.2 Å². The Bertz CT molecular complexity index is 1340. The van der Waals surface area contributed by atoms with Gasteiger partial charge < -0.3 is 19.9 Å². The number of thiophene rings is 2. The van der Waals surface area contributed by atoms with Crippen molar-refractivity contribution in [3.63, 3.8) is 0 Å². The van der Waals surface area contributed by atoms with Crippen molar-refractivity contribution in [2.24, 2.45) is 0 Å². The Kier molecular flexibility index (Phi) is 9.59. The molecule has 12 heteroatoms. The number of rotatable bonds is 10. The molecule has 3 aromatic heterocycles. The van der Waals surface area contributed by atoms with Gasteiger partial charge in [-0.05, 0) is 69.4 Å². The molecule has 0 bridgehead atoms. The summed E-state index contributed by atoms with van der Waals surface area (Å²) in [5.74, 6) is -0.00249. The highest BCUT2D eigenvalue weighted by Crippen LogP contribution is 2.39. The number of hydrogen-bond acceptors (Lipinski definition) is 9. The molecule has 2 aliphatic rings. The fourth-order valence-corrected chi connectivity index (χ4v) is 8.23. The third-order valence-corrected chi connectivity index (χ3v) is 10.5. The number of aryl methyl sites for hydroxylation is 1. The molecule has 0 aliphatic heterocycles. The van der Waals surface area contributed by atoms with Gasteiger partial charge in [0.25, 0.3) is 5.91 Å². The van der Waals surface area contributed by atoms with Gasteiger partial charge >= 0.3 is 5.97 Å². The molecule has 5 rings (SSSR count). The second-order valence-corrected chi connectivity index (χ2v) is 13.5. The molecular formula is C28H35N5O4S3. The maximum atomic E-state index is 13.4. The Morgan fingerprint density at radius 2 is 1.95 bits per heavy atom. The molecule has 1 saturated carbocycles. The van der Waals surface area contributed by atoms with Gasteiger partial charge in [0, 0.05) is 10.9 Å². The lowest BCUT2D eigenvalue weighted by molar-refractivity contribution is -0.115. The SMILES string of the molecule is CCOC(=O)c1c(NC(=O)[C@H](C)Sc2nnc(CNC(=O)c3cccs3)n2C2CCCCC2)sc2c1CCCC2. The fourth-order valence-electron chi connectivity index (χ4n) is 5.37. The van der Waals surface area contributed by atoms with E-state index in [2.05, 4.69) is 25.4 Å². The molecule has 1 atom stereocenters. The third kappa shape index (κ3) is 6.44. The third-order valence-electron chi connectivity index (χ3n) is 7.37. The van der Waals surface area contributed by atoms with Crippen LogP contribution in [0, 0.1) is 0 Å². The molecule has 2 aliphatic carbocycles. The average Bonchev–Trinajstić information content (AvgIpc) is 3.71. The van der Waals surface area contributed by atoms with Gasteiger partial charge in [0.2, 0.25) is 5.91 Å². The fraction of sp³-hybridized carbons (Fsp3) is 0.536. The van der Waals surface area contributed by atoms with E-state index < -0.39 is 5.25 Å². The first kappa shape index (κ1) is 28.8. The van der Waals surface area contributed by atoms with Crippen molar-refractivity contribution < 1.29 is 19.1 Å². The Balaban J connectivity index is 1.32. The Morgan fingerprint density at radius 1 is 1.15 bits per heavy atom.